The van der Waals surface area contributed by atoms with Gasteiger partial charge in [-0.3, -0.25) is 0 Å². The van der Waals surface area contributed by atoms with Crippen molar-refractivity contribution in [1.82, 2.24) is 5.32 Å². The smallest absolute Gasteiger partial charge is 0.127 e. The molecular formula is C17H24BrNO. The van der Waals surface area contributed by atoms with Crippen LogP contribution in [0.15, 0.2) is 16.6 Å². The average Bonchev–Trinajstić information content (AvgIpc) is 3.04. The minimum atomic E-state index is 0.432. The van der Waals surface area contributed by atoms with Gasteiger partial charge in [0.05, 0.1) is 6.61 Å². The van der Waals surface area contributed by atoms with E-state index < -0.39 is 0 Å². The number of hydrogen-bond donors (Lipinski definition) is 1. The van der Waals surface area contributed by atoms with Crippen molar-refractivity contribution >= 4 is 15.9 Å². The van der Waals surface area contributed by atoms with Gasteiger partial charge in [0, 0.05) is 22.5 Å². The van der Waals surface area contributed by atoms with E-state index in [9.17, 15) is 0 Å². The number of nitrogens with one attached hydrogen (secondary N) is 1. The van der Waals surface area contributed by atoms with Crippen LogP contribution in [0.4, 0.5) is 0 Å². The van der Waals surface area contributed by atoms with Crippen LogP contribution in [0, 0.1) is 11.8 Å². The van der Waals surface area contributed by atoms with E-state index in [2.05, 4.69) is 47.2 Å². The first-order valence-corrected chi connectivity index (χ1v) is 8.68. The van der Waals surface area contributed by atoms with Gasteiger partial charge < -0.3 is 10.1 Å². The Bertz CT molecular complexity index is 488. The Balaban J connectivity index is 1.99. The molecule has 20 heavy (non-hydrogen) atoms. The van der Waals surface area contributed by atoms with E-state index in [0.717, 1.165) is 37.2 Å². The minimum absolute atomic E-state index is 0.432. The van der Waals surface area contributed by atoms with Crippen LogP contribution in [-0.4, -0.2) is 13.2 Å². The second-order valence-electron chi connectivity index (χ2n) is 6.19. The van der Waals surface area contributed by atoms with Gasteiger partial charge in [0.15, 0.2) is 0 Å². The van der Waals surface area contributed by atoms with Crippen LogP contribution in [0.5, 0.6) is 5.75 Å². The second-order valence-corrected chi connectivity index (χ2v) is 7.10. The van der Waals surface area contributed by atoms with Gasteiger partial charge in [0.25, 0.3) is 0 Å². The average molecular weight is 338 g/mol. The molecular weight excluding hydrogens is 314 g/mol. The Hall–Kier alpha value is -0.540. The maximum atomic E-state index is 5.95. The third kappa shape index (κ3) is 2.62. The Morgan fingerprint density at radius 1 is 1.40 bits per heavy atom. The van der Waals surface area contributed by atoms with E-state index in [1.165, 1.54) is 34.9 Å². The molecule has 3 unspecified atom stereocenters. The van der Waals surface area contributed by atoms with Gasteiger partial charge in [0.2, 0.25) is 0 Å². The van der Waals surface area contributed by atoms with Crippen LogP contribution in [0.3, 0.4) is 0 Å². The molecule has 3 atom stereocenters. The van der Waals surface area contributed by atoms with E-state index in [1.54, 1.807) is 0 Å². The summed E-state index contributed by atoms with van der Waals surface area (Å²) in [6.07, 6.45) is 5.11. The van der Waals surface area contributed by atoms with Crippen LogP contribution in [0.1, 0.15) is 50.3 Å². The summed E-state index contributed by atoms with van der Waals surface area (Å²) < 4.78 is 7.13. The number of ether oxygens (including phenoxy) is 1. The molecule has 0 aromatic heterocycles. The van der Waals surface area contributed by atoms with Crippen LogP contribution >= 0.6 is 15.9 Å². The molecule has 1 saturated carbocycles. The summed E-state index contributed by atoms with van der Waals surface area (Å²) in [7, 11) is 0. The van der Waals surface area contributed by atoms with E-state index in [4.69, 9.17) is 4.74 Å². The van der Waals surface area contributed by atoms with Gasteiger partial charge in [-0.25, -0.2) is 0 Å². The fraction of sp³-hybridized carbons (Fsp3) is 0.647. The fourth-order valence-electron chi connectivity index (χ4n) is 3.91. The Morgan fingerprint density at radius 3 is 2.95 bits per heavy atom. The molecule has 1 aliphatic carbocycles. The van der Waals surface area contributed by atoms with Crippen LogP contribution in [0.25, 0.3) is 0 Å². The summed E-state index contributed by atoms with van der Waals surface area (Å²) in [5, 5.41) is 3.73. The Morgan fingerprint density at radius 2 is 2.25 bits per heavy atom. The molecule has 1 aromatic carbocycles. The highest BCUT2D eigenvalue weighted by Gasteiger charge is 2.34. The molecule has 1 aliphatic heterocycles. The van der Waals surface area contributed by atoms with Crippen LogP contribution in [-0.2, 0) is 6.42 Å². The molecule has 0 amide bonds. The lowest BCUT2D eigenvalue weighted by molar-refractivity contribution is 0.291. The van der Waals surface area contributed by atoms with Gasteiger partial charge in [-0.05, 0) is 42.5 Å². The van der Waals surface area contributed by atoms with E-state index in [-0.39, 0.29) is 0 Å². The van der Waals surface area contributed by atoms with Crippen molar-refractivity contribution in [3.63, 3.8) is 0 Å². The highest BCUT2D eigenvalue weighted by atomic mass is 79.9. The molecule has 1 fully saturated rings. The predicted molar refractivity (Wildman–Crippen MR) is 86.3 cm³/mol. The molecule has 2 nitrogen and oxygen atoms in total. The third-order valence-electron chi connectivity index (χ3n) is 4.89. The van der Waals surface area contributed by atoms with Crippen molar-refractivity contribution < 1.29 is 4.74 Å². The molecule has 1 aromatic rings. The predicted octanol–water partition coefficient (Wildman–Crippen LogP) is 4.47. The van der Waals surface area contributed by atoms with Gasteiger partial charge in [-0.2, -0.15) is 0 Å². The molecule has 3 rings (SSSR count). The zero-order valence-corrected chi connectivity index (χ0v) is 14.0. The monoisotopic (exact) mass is 337 g/mol. The first-order valence-electron chi connectivity index (χ1n) is 7.89. The third-order valence-corrected chi connectivity index (χ3v) is 5.35. The quantitative estimate of drug-likeness (QED) is 0.875. The van der Waals surface area contributed by atoms with Crippen molar-refractivity contribution in [3.8, 4) is 5.75 Å². The Kier molecular flexibility index (Phi) is 4.37. The number of hydrogen-bond acceptors (Lipinski definition) is 2. The molecule has 0 bridgehead atoms. The summed E-state index contributed by atoms with van der Waals surface area (Å²) in [5.74, 6) is 2.69. The van der Waals surface area contributed by atoms with Crippen molar-refractivity contribution in [2.24, 2.45) is 11.8 Å². The van der Waals surface area contributed by atoms with Gasteiger partial charge in [0.1, 0.15) is 5.75 Å². The van der Waals surface area contributed by atoms with Crippen molar-refractivity contribution in [2.45, 2.75) is 45.6 Å². The number of rotatable bonds is 4. The normalized spacial score (nSPS) is 26.4. The molecule has 0 saturated heterocycles. The van der Waals surface area contributed by atoms with Crippen molar-refractivity contribution in [2.75, 3.05) is 13.2 Å². The molecule has 1 N–H and O–H groups in total. The maximum absolute atomic E-state index is 5.95. The number of halogens is 1. The summed E-state index contributed by atoms with van der Waals surface area (Å²) in [5.41, 5.74) is 2.73. The molecule has 3 heteroatoms. The van der Waals surface area contributed by atoms with Crippen molar-refractivity contribution in [3.05, 3.63) is 27.7 Å². The highest BCUT2D eigenvalue weighted by molar-refractivity contribution is 9.10. The maximum Gasteiger partial charge on any atom is 0.127 e. The molecule has 2 aliphatic rings. The minimum Gasteiger partial charge on any atom is -0.493 e. The van der Waals surface area contributed by atoms with Gasteiger partial charge in [-0.1, -0.05) is 42.6 Å². The molecule has 0 radical (unpaired) electrons. The molecule has 0 spiro atoms. The lowest BCUT2D eigenvalue weighted by Crippen LogP contribution is -2.30. The fourth-order valence-corrected chi connectivity index (χ4v) is 4.43. The number of fused-ring (bicyclic) bond motifs is 1. The standard InChI is InChI=1S/C17H24BrNO/c1-3-19-16(14-6-4-5-11(14)2)15-10-13(18)9-12-7-8-20-17(12)15/h9-11,14,16,19H,3-8H2,1-2H3. The van der Waals surface area contributed by atoms with Crippen molar-refractivity contribution in [1.29, 1.82) is 0 Å². The largest absolute Gasteiger partial charge is 0.493 e. The first-order chi connectivity index (χ1) is 9.70. The Labute approximate surface area is 130 Å². The van der Waals surface area contributed by atoms with E-state index in [0.29, 0.717) is 6.04 Å². The number of benzene rings is 1. The zero-order valence-electron chi connectivity index (χ0n) is 12.4. The van der Waals surface area contributed by atoms with Crippen LogP contribution < -0.4 is 10.1 Å². The molecule has 110 valence electrons. The topological polar surface area (TPSA) is 21.3 Å². The highest BCUT2D eigenvalue weighted by Crippen LogP contribution is 2.45. The van der Waals surface area contributed by atoms with Gasteiger partial charge in [-0.15, -0.1) is 0 Å². The molecule has 1 heterocycles. The summed E-state index contributed by atoms with van der Waals surface area (Å²) in [6.45, 7) is 6.44. The lowest BCUT2D eigenvalue weighted by Gasteiger charge is -2.29. The zero-order chi connectivity index (χ0) is 14.1. The summed E-state index contributed by atoms with van der Waals surface area (Å²) >= 11 is 3.68. The van der Waals surface area contributed by atoms with Gasteiger partial charge >= 0.3 is 0 Å². The lowest BCUT2D eigenvalue weighted by atomic mass is 9.85. The SMILES string of the molecule is CCNC(c1cc(Br)cc2c1OCC2)C1CCCC1C. The second kappa shape index (κ2) is 6.07. The van der Waals surface area contributed by atoms with E-state index in [1.807, 2.05) is 0 Å². The summed E-state index contributed by atoms with van der Waals surface area (Å²) in [6, 6.07) is 4.91. The van der Waals surface area contributed by atoms with E-state index >= 15 is 0 Å². The first kappa shape index (κ1) is 14.4. The summed E-state index contributed by atoms with van der Waals surface area (Å²) in [4.78, 5) is 0. The van der Waals surface area contributed by atoms with Crippen LogP contribution in [0.2, 0.25) is 0 Å².